The van der Waals surface area contributed by atoms with Gasteiger partial charge in [-0.1, -0.05) is 12.2 Å². The Balaban J connectivity index is 2.05. The first-order valence-electron chi connectivity index (χ1n) is 5.24. The number of allylic oxidation sites excluding steroid dienone is 4. The molecule has 0 saturated heterocycles. The summed E-state index contributed by atoms with van der Waals surface area (Å²) < 4.78 is 0. The predicted molar refractivity (Wildman–Crippen MR) is 59.3 cm³/mol. The van der Waals surface area contributed by atoms with Crippen LogP contribution in [0, 0.1) is 23.7 Å². The van der Waals surface area contributed by atoms with E-state index in [0.717, 1.165) is 6.42 Å². The molecule has 2 bridgehead atoms. The third-order valence-electron chi connectivity index (χ3n) is 3.83. The Morgan fingerprint density at radius 1 is 1.20 bits per heavy atom. The van der Waals surface area contributed by atoms with Gasteiger partial charge in [-0.05, 0) is 30.6 Å². The van der Waals surface area contributed by atoms with E-state index in [1.54, 1.807) is 6.08 Å². The summed E-state index contributed by atoms with van der Waals surface area (Å²) in [6.45, 7) is 0. The average Bonchev–Trinajstić information content (AvgIpc) is 2.83. The number of rotatable bonds is 1. The van der Waals surface area contributed by atoms with Crippen molar-refractivity contribution in [2.45, 2.75) is 6.42 Å². The lowest BCUT2D eigenvalue weighted by atomic mass is 9.75. The highest BCUT2D eigenvalue weighted by atomic mass is 32.2. The predicted octanol–water partition coefficient (Wildman–Crippen LogP) is 1.82. The molecule has 4 atom stereocenters. The van der Waals surface area contributed by atoms with Crippen molar-refractivity contribution in [3.05, 3.63) is 23.1 Å². The number of fused-ring (bicyclic) bond motifs is 5. The molecule has 1 fully saturated rings. The first-order chi connectivity index (χ1) is 7.22. The van der Waals surface area contributed by atoms with E-state index in [1.807, 2.05) is 6.26 Å². The average molecular weight is 220 g/mol. The van der Waals surface area contributed by atoms with Crippen LogP contribution in [0.1, 0.15) is 6.42 Å². The number of carbonyl (C=O) groups excluding carboxylic acids is 2. The van der Waals surface area contributed by atoms with Crippen molar-refractivity contribution in [3.8, 4) is 0 Å². The lowest BCUT2D eigenvalue weighted by Gasteiger charge is -2.28. The fourth-order valence-corrected chi connectivity index (χ4v) is 3.76. The van der Waals surface area contributed by atoms with E-state index >= 15 is 0 Å². The fourth-order valence-electron chi connectivity index (χ4n) is 3.19. The maximum Gasteiger partial charge on any atom is 0.173 e. The topological polar surface area (TPSA) is 34.1 Å². The van der Waals surface area contributed by atoms with E-state index in [4.69, 9.17) is 0 Å². The van der Waals surface area contributed by atoms with Gasteiger partial charge in [0.1, 0.15) is 0 Å². The molecule has 3 rings (SSSR count). The molecule has 0 radical (unpaired) electrons. The molecule has 1 saturated carbocycles. The molecule has 0 heterocycles. The van der Waals surface area contributed by atoms with Crippen molar-refractivity contribution in [2.75, 3.05) is 6.26 Å². The van der Waals surface area contributed by atoms with Crippen LogP contribution in [0.3, 0.4) is 0 Å². The second kappa shape index (κ2) is 3.08. The second-order valence-electron chi connectivity index (χ2n) is 4.48. The molecule has 3 heteroatoms. The Bertz CT molecular complexity index is 408. The molecule has 0 aliphatic heterocycles. The third kappa shape index (κ3) is 1.13. The first kappa shape index (κ1) is 9.40. The highest BCUT2D eigenvalue weighted by Crippen LogP contribution is 2.51. The minimum Gasteiger partial charge on any atom is -0.294 e. The molecule has 2 nitrogen and oxygen atoms in total. The van der Waals surface area contributed by atoms with Crippen LogP contribution in [-0.2, 0) is 9.59 Å². The molecule has 0 aromatic carbocycles. The van der Waals surface area contributed by atoms with Crippen molar-refractivity contribution in [2.24, 2.45) is 23.7 Å². The summed E-state index contributed by atoms with van der Waals surface area (Å²) in [6.07, 6.45) is 8.67. The Morgan fingerprint density at radius 3 is 2.53 bits per heavy atom. The zero-order valence-electron chi connectivity index (χ0n) is 8.47. The summed E-state index contributed by atoms with van der Waals surface area (Å²) in [4.78, 5) is 24.7. The van der Waals surface area contributed by atoms with Gasteiger partial charge in [-0.15, -0.1) is 11.8 Å². The fraction of sp³-hybridized carbons (Fsp3) is 0.500. The highest BCUT2D eigenvalue weighted by molar-refractivity contribution is 8.03. The molecule has 0 aromatic rings. The monoisotopic (exact) mass is 220 g/mol. The molecule has 15 heavy (non-hydrogen) atoms. The quantitative estimate of drug-likeness (QED) is 0.632. The van der Waals surface area contributed by atoms with Crippen molar-refractivity contribution < 1.29 is 9.59 Å². The van der Waals surface area contributed by atoms with Gasteiger partial charge in [0.25, 0.3) is 0 Å². The Hall–Kier alpha value is -0.830. The van der Waals surface area contributed by atoms with Crippen LogP contribution in [0.2, 0.25) is 0 Å². The number of Topliss-reactive ketones (excluding diaryl/α,β-unsaturated/α-hetero) is 1. The summed E-state index contributed by atoms with van der Waals surface area (Å²) in [7, 11) is 0. The molecule has 78 valence electrons. The van der Waals surface area contributed by atoms with Crippen LogP contribution in [-0.4, -0.2) is 17.8 Å². The van der Waals surface area contributed by atoms with E-state index in [-0.39, 0.29) is 23.4 Å². The Morgan fingerprint density at radius 2 is 1.87 bits per heavy atom. The number of carbonyl (C=O) groups is 2. The summed E-state index contributed by atoms with van der Waals surface area (Å²) in [5.74, 6) is 0.941. The number of hydrogen-bond donors (Lipinski definition) is 0. The Kier molecular flexibility index (Phi) is 1.93. The summed E-state index contributed by atoms with van der Waals surface area (Å²) >= 11 is 1.40. The second-order valence-corrected chi connectivity index (χ2v) is 5.33. The van der Waals surface area contributed by atoms with E-state index in [0.29, 0.717) is 16.7 Å². The zero-order chi connectivity index (χ0) is 10.6. The van der Waals surface area contributed by atoms with Crippen LogP contribution in [0.4, 0.5) is 0 Å². The molecule has 0 N–H and O–H groups in total. The standard InChI is InChI=1S/C12H12O2S/c1-15-9-5-8(13)10-6-2-3-7(4-6)11(10)12(9)14/h2-3,5-7,10-11H,4H2,1H3. The van der Waals surface area contributed by atoms with Crippen LogP contribution in [0.15, 0.2) is 23.1 Å². The minimum atomic E-state index is -0.0417. The van der Waals surface area contributed by atoms with Crippen LogP contribution in [0.25, 0.3) is 0 Å². The smallest absolute Gasteiger partial charge is 0.173 e. The van der Waals surface area contributed by atoms with Gasteiger partial charge in [0, 0.05) is 11.8 Å². The number of ketones is 2. The summed E-state index contributed by atoms with van der Waals surface area (Å²) in [6, 6.07) is 0. The van der Waals surface area contributed by atoms with Crippen molar-refractivity contribution in [3.63, 3.8) is 0 Å². The maximum atomic E-state index is 12.1. The van der Waals surface area contributed by atoms with E-state index in [1.165, 1.54) is 11.8 Å². The molecular weight excluding hydrogens is 208 g/mol. The lowest BCUT2D eigenvalue weighted by molar-refractivity contribution is -0.129. The van der Waals surface area contributed by atoms with Gasteiger partial charge in [-0.3, -0.25) is 9.59 Å². The highest BCUT2D eigenvalue weighted by Gasteiger charge is 2.53. The molecule has 4 unspecified atom stereocenters. The van der Waals surface area contributed by atoms with Crippen molar-refractivity contribution in [1.82, 2.24) is 0 Å². The molecule has 0 aromatic heterocycles. The molecule has 3 aliphatic rings. The zero-order valence-corrected chi connectivity index (χ0v) is 9.29. The summed E-state index contributed by atoms with van der Waals surface area (Å²) in [5, 5.41) is 0. The van der Waals surface area contributed by atoms with Gasteiger partial charge < -0.3 is 0 Å². The third-order valence-corrected chi connectivity index (χ3v) is 4.59. The lowest BCUT2D eigenvalue weighted by Crippen LogP contribution is -2.36. The molecule has 0 spiro atoms. The van der Waals surface area contributed by atoms with Crippen molar-refractivity contribution in [1.29, 1.82) is 0 Å². The van der Waals surface area contributed by atoms with Crippen LogP contribution >= 0.6 is 11.8 Å². The van der Waals surface area contributed by atoms with Gasteiger partial charge in [-0.25, -0.2) is 0 Å². The van der Waals surface area contributed by atoms with Gasteiger partial charge >= 0.3 is 0 Å². The van der Waals surface area contributed by atoms with Crippen molar-refractivity contribution >= 4 is 23.3 Å². The summed E-state index contributed by atoms with van der Waals surface area (Å²) in [5.41, 5.74) is 0. The van der Waals surface area contributed by atoms with Crippen LogP contribution in [0.5, 0.6) is 0 Å². The van der Waals surface area contributed by atoms with E-state index < -0.39 is 0 Å². The first-order valence-corrected chi connectivity index (χ1v) is 6.47. The molecular formula is C12H12O2S. The normalized spacial score (nSPS) is 42.1. The maximum absolute atomic E-state index is 12.1. The molecule has 0 amide bonds. The van der Waals surface area contributed by atoms with E-state index in [9.17, 15) is 9.59 Å². The van der Waals surface area contributed by atoms with Gasteiger partial charge in [0.05, 0.1) is 4.91 Å². The van der Waals surface area contributed by atoms with Gasteiger partial charge in [0.2, 0.25) is 0 Å². The largest absolute Gasteiger partial charge is 0.294 e. The van der Waals surface area contributed by atoms with E-state index in [2.05, 4.69) is 12.2 Å². The minimum absolute atomic E-state index is 0.0385. The number of hydrogen-bond acceptors (Lipinski definition) is 3. The molecule has 3 aliphatic carbocycles. The number of thioether (sulfide) groups is 1. The Labute approximate surface area is 92.8 Å². The SMILES string of the molecule is CSC1=CC(=O)C2C3C=CC(C3)C2C1=O. The van der Waals surface area contributed by atoms with Crippen LogP contribution < -0.4 is 0 Å². The van der Waals surface area contributed by atoms with Gasteiger partial charge in [0.15, 0.2) is 11.6 Å². The van der Waals surface area contributed by atoms with Gasteiger partial charge in [-0.2, -0.15) is 0 Å².